The Morgan fingerprint density at radius 1 is 1.42 bits per heavy atom. The van der Waals surface area contributed by atoms with E-state index in [1.807, 2.05) is 0 Å². The maximum absolute atomic E-state index is 4.46. The predicted molar refractivity (Wildman–Crippen MR) is 80.3 cm³/mol. The molecule has 1 aliphatic rings. The monoisotopic (exact) mass is 263 g/mol. The van der Waals surface area contributed by atoms with Gasteiger partial charge < -0.3 is 5.32 Å². The topological polar surface area (TPSA) is 29.9 Å². The van der Waals surface area contributed by atoms with Gasteiger partial charge in [0.15, 0.2) is 0 Å². The van der Waals surface area contributed by atoms with Crippen molar-refractivity contribution in [2.75, 3.05) is 6.54 Å². The molecule has 3 atom stereocenters. The Morgan fingerprint density at radius 2 is 2.21 bits per heavy atom. The summed E-state index contributed by atoms with van der Waals surface area (Å²) < 4.78 is 2.06. The quantitative estimate of drug-likeness (QED) is 0.882. The van der Waals surface area contributed by atoms with E-state index in [1.54, 1.807) is 0 Å². The summed E-state index contributed by atoms with van der Waals surface area (Å²) in [7, 11) is 0. The molecule has 0 aliphatic heterocycles. The molecule has 3 nitrogen and oxygen atoms in total. The molecular weight excluding hydrogens is 234 g/mol. The molecular formula is C16H29N3. The van der Waals surface area contributed by atoms with Crippen molar-refractivity contribution in [3.05, 3.63) is 18.0 Å². The van der Waals surface area contributed by atoms with Crippen molar-refractivity contribution in [3.63, 3.8) is 0 Å². The van der Waals surface area contributed by atoms with Gasteiger partial charge in [0.05, 0.1) is 6.20 Å². The van der Waals surface area contributed by atoms with Gasteiger partial charge in [0.25, 0.3) is 0 Å². The van der Waals surface area contributed by atoms with Crippen LogP contribution in [0.5, 0.6) is 0 Å². The molecule has 0 bridgehead atoms. The average molecular weight is 263 g/mol. The minimum Gasteiger partial charge on any atom is -0.314 e. The lowest BCUT2D eigenvalue weighted by atomic mass is 9.72. The van der Waals surface area contributed by atoms with Crippen molar-refractivity contribution < 1.29 is 0 Å². The Labute approximate surface area is 117 Å². The number of rotatable bonds is 5. The van der Waals surface area contributed by atoms with Gasteiger partial charge in [0.1, 0.15) is 0 Å². The zero-order valence-corrected chi connectivity index (χ0v) is 12.9. The zero-order valence-electron chi connectivity index (χ0n) is 12.9. The molecule has 19 heavy (non-hydrogen) atoms. The van der Waals surface area contributed by atoms with Crippen LogP contribution in [0.25, 0.3) is 0 Å². The van der Waals surface area contributed by atoms with Crippen LogP contribution in [0.3, 0.4) is 0 Å². The van der Waals surface area contributed by atoms with E-state index in [0.717, 1.165) is 24.9 Å². The summed E-state index contributed by atoms with van der Waals surface area (Å²) >= 11 is 0. The van der Waals surface area contributed by atoms with Crippen molar-refractivity contribution in [1.82, 2.24) is 15.1 Å². The minimum atomic E-state index is 0.582. The van der Waals surface area contributed by atoms with E-state index in [-0.39, 0.29) is 0 Å². The second kappa shape index (κ2) is 6.56. The molecule has 0 radical (unpaired) electrons. The Kier molecular flexibility index (Phi) is 5.03. The summed E-state index contributed by atoms with van der Waals surface area (Å²) in [6.07, 6.45) is 8.39. The van der Waals surface area contributed by atoms with Crippen LogP contribution in [-0.4, -0.2) is 22.4 Å². The number of nitrogens with zero attached hydrogens (tertiary/aromatic N) is 2. The van der Waals surface area contributed by atoms with Crippen molar-refractivity contribution in [2.45, 2.75) is 65.5 Å². The van der Waals surface area contributed by atoms with E-state index < -0.39 is 0 Å². The highest BCUT2D eigenvalue weighted by Gasteiger charge is 2.30. The average Bonchev–Trinajstić information content (AvgIpc) is 2.85. The van der Waals surface area contributed by atoms with Gasteiger partial charge in [0, 0.05) is 18.8 Å². The van der Waals surface area contributed by atoms with Crippen molar-refractivity contribution >= 4 is 0 Å². The first-order valence-electron chi connectivity index (χ1n) is 7.85. The number of aryl methyl sites for hydroxylation is 1. The van der Waals surface area contributed by atoms with Crippen LogP contribution in [-0.2, 0) is 6.54 Å². The van der Waals surface area contributed by atoms with E-state index in [0.29, 0.717) is 12.0 Å². The summed E-state index contributed by atoms with van der Waals surface area (Å²) in [5, 5.41) is 8.08. The molecule has 1 N–H and O–H groups in total. The van der Waals surface area contributed by atoms with Gasteiger partial charge in [-0.25, -0.2) is 0 Å². The fraction of sp³-hybridized carbons (Fsp3) is 0.812. The Hall–Kier alpha value is -0.830. The summed E-state index contributed by atoms with van der Waals surface area (Å²) in [5.74, 6) is 2.31. The summed E-state index contributed by atoms with van der Waals surface area (Å²) in [5.41, 5.74) is 1.45. The summed E-state index contributed by atoms with van der Waals surface area (Å²) in [6.45, 7) is 11.1. The lowest BCUT2D eigenvalue weighted by molar-refractivity contribution is 0.238. The zero-order chi connectivity index (χ0) is 13.8. The molecule has 3 unspecified atom stereocenters. The van der Waals surface area contributed by atoms with Crippen LogP contribution in [0.1, 0.15) is 58.4 Å². The van der Waals surface area contributed by atoms with Crippen molar-refractivity contribution in [2.24, 2.45) is 11.8 Å². The van der Waals surface area contributed by atoms with Gasteiger partial charge in [0.2, 0.25) is 0 Å². The summed E-state index contributed by atoms with van der Waals surface area (Å²) in [4.78, 5) is 0. The molecule has 1 saturated carbocycles. The van der Waals surface area contributed by atoms with Crippen LogP contribution >= 0.6 is 0 Å². The van der Waals surface area contributed by atoms with Gasteiger partial charge in [-0.1, -0.05) is 27.2 Å². The van der Waals surface area contributed by atoms with Gasteiger partial charge >= 0.3 is 0 Å². The second-order valence-corrected chi connectivity index (χ2v) is 6.48. The van der Waals surface area contributed by atoms with Crippen LogP contribution in [0, 0.1) is 11.8 Å². The molecule has 1 aliphatic carbocycles. The molecule has 0 amide bonds. The Bertz CT molecular complexity index is 383. The molecule has 0 saturated heterocycles. The van der Waals surface area contributed by atoms with E-state index in [4.69, 9.17) is 0 Å². The fourth-order valence-electron chi connectivity index (χ4n) is 3.23. The second-order valence-electron chi connectivity index (χ2n) is 6.48. The predicted octanol–water partition coefficient (Wildman–Crippen LogP) is 3.42. The van der Waals surface area contributed by atoms with E-state index in [1.165, 1.54) is 24.8 Å². The SMILES string of the molecule is CCn1cc(C2CC(C)CCC2CNC(C)C)cn1. The minimum absolute atomic E-state index is 0.582. The first kappa shape index (κ1) is 14.6. The smallest absolute Gasteiger partial charge is 0.0524 e. The molecule has 2 rings (SSSR count). The Balaban J connectivity index is 2.07. The van der Waals surface area contributed by atoms with E-state index in [9.17, 15) is 0 Å². The third-order valence-corrected chi connectivity index (χ3v) is 4.45. The number of nitrogens with one attached hydrogen (secondary N) is 1. The third-order valence-electron chi connectivity index (χ3n) is 4.45. The molecule has 108 valence electrons. The number of aromatic nitrogens is 2. The first-order chi connectivity index (χ1) is 9.10. The number of hydrogen-bond donors (Lipinski definition) is 1. The van der Waals surface area contributed by atoms with E-state index >= 15 is 0 Å². The molecule has 1 aromatic rings. The lowest BCUT2D eigenvalue weighted by Crippen LogP contribution is -2.34. The highest BCUT2D eigenvalue weighted by atomic mass is 15.3. The molecule has 1 fully saturated rings. The van der Waals surface area contributed by atoms with Gasteiger partial charge in [-0.3, -0.25) is 4.68 Å². The summed E-state index contributed by atoms with van der Waals surface area (Å²) in [6, 6.07) is 0.582. The maximum atomic E-state index is 4.46. The van der Waals surface area contributed by atoms with Gasteiger partial charge in [-0.15, -0.1) is 0 Å². The van der Waals surface area contributed by atoms with Crippen LogP contribution in [0.15, 0.2) is 12.4 Å². The normalized spacial score (nSPS) is 27.9. The van der Waals surface area contributed by atoms with Crippen LogP contribution in [0.2, 0.25) is 0 Å². The molecule has 0 aromatic carbocycles. The lowest BCUT2D eigenvalue weighted by Gasteiger charge is -2.35. The molecule has 3 heteroatoms. The Morgan fingerprint density at radius 3 is 2.84 bits per heavy atom. The molecule has 0 spiro atoms. The van der Waals surface area contributed by atoms with E-state index in [2.05, 4.69) is 55.2 Å². The standard InChI is InChI=1S/C16H29N3/c1-5-19-11-15(10-18-19)16-8-13(4)6-7-14(16)9-17-12(2)3/h10-14,16-17H,5-9H2,1-4H3. The first-order valence-corrected chi connectivity index (χ1v) is 7.85. The molecule has 1 aromatic heterocycles. The fourth-order valence-corrected chi connectivity index (χ4v) is 3.23. The molecule has 1 heterocycles. The van der Waals surface area contributed by atoms with Crippen molar-refractivity contribution in [3.8, 4) is 0 Å². The highest BCUT2D eigenvalue weighted by molar-refractivity contribution is 5.14. The maximum Gasteiger partial charge on any atom is 0.0524 e. The van der Waals surface area contributed by atoms with Crippen LogP contribution < -0.4 is 5.32 Å². The number of hydrogen-bond acceptors (Lipinski definition) is 2. The third kappa shape index (κ3) is 3.82. The van der Waals surface area contributed by atoms with Gasteiger partial charge in [-0.05, 0) is 49.6 Å². The van der Waals surface area contributed by atoms with Crippen molar-refractivity contribution in [1.29, 1.82) is 0 Å². The van der Waals surface area contributed by atoms with Gasteiger partial charge in [-0.2, -0.15) is 5.10 Å². The largest absolute Gasteiger partial charge is 0.314 e. The highest BCUT2D eigenvalue weighted by Crippen LogP contribution is 2.40. The van der Waals surface area contributed by atoms with Crippen LogP contribution in [0.4, 0.5) is 0 Å².